The zero-order chi connectivity index (χ0) is 19.4. The van der Waals surface area contributed by atoms with Gasteiger partial charge in [-0.25, -0.2) is 14.6 Å². The first-order chi connectivity index (χ1) is 13.0. The van der Waals surface area contributed by atoms with Crippen LogP contribution >= 0.6 is 11.3 Å². The van der Waals surface area contributed by atoms with E-state index >= 15 is 0 Å². The Labute approximate surface area is 158 Å². The van der Waals surface area contributed by atoms with Gasteiger partial charge in [0.1, 0.15) is 16.5 Å². The number of aromatic hydroxyl groups is 1. The Kier molecular flexibility index (Phi) is 5.37. The van der Waals surface area contributed by atoms with Gasteiger partial charge in [0.2, 0.25) is 0 Å². The van der Waals surface area contributed by atoms with E-state index in [4.69, 9.17) is 0 Å². The lowest BCUT2D eigenvalue weighted by Crippen LogP contribution is -2.15. The zero-order valence-electron chi connectivity index (χ0n) is 14.6. The highest BCUT2D eigenvalue weighted by Gasteiger charge is 2.14. The van der Waals surface area contributed by atoms with Gasteiger partial charge in [0.05, 0.1) is 30.5 Å². The van der Waals surface area contributed by atoms with Crippen molar-refractivity contribution in [1.82, 2.24) is 4.98 Å². The number of nitrogens with zero attached hydrogens (tertiary/aromatic N) is 1. The standard InChI is InChI=1S/C19H16N2O5S/c1-25-17(23)10-15(19(24)26-2)20-12-6-7-14-16(9-12)27-18(21-14)11-4-3-5-13(22)8-11/h3-10,20,22H,1-2H3/b15-10+. The lowest BCUT2D eigenvalue weighted by atomic mass is 10.2. The van der Waals surface area contributed by atoms with E-state index in [1.165, 1.54) is 25.6 Å². The van der Waals surface area contributed by atoms with Gasteiger partial charge in [-0.2, -0.15) is 0 Å². The van der Waals surface area contributed by atoms with E-state index in [2.05, 4.69) is 19.8 Å². The summed E-state index contributed by atoms with van der Waals surface area (Å²) in [4.78, 5) is 27.9. The molecule has 2 aromatic carbocycles. The van der Waals surface area contributed by atoms with Crippen LogP contribution in [0.4, 0.5) is 5.69 Å². The van der Waals surface area contributed by atoms with Crippen molar-refractivity contribution in [2.45, 2.75) is 0 Å². The number of methoxy groups -OCH3 is 2. The number of phenols is 1. The van der Waals surface area contributed by atoms with Crippen LogP contribution in [-0.4, -0.2) is 36.2 Å². The van der Waals surface area contributed by atoms with Crippen molar-refractivity contribution in [1.29, 1.82) is 0 Å². The van der Waals surface area contributed by atoms with Gasteiger partial charge in [-0.15, -0.1) is 11.3 Å². The van der Waals surface area contributed by atoms with Crippen molar-refractivity contribution >= 4 is 39.2 Å². The number of carbonyl (C=O) groups is 2. The third kappa shape index (κ3) is 4.24. The number of anilines is 1. The van der Waals surface area contributed by atoms with Crippen molar-refractivity contribution < 1.29 is 24.2 Å². The van der Waals surface area contributed by atoms with Crippen LogP contribution in [0.2, 0.25) is 0 Å². The van der Waals surface area contributed by atoms with Gasteiger partial charge in [0, 0.05) is 11.3 Å². The Morgan fingerprint density at radius 3 is 2.67 bits per heavy atom. The molecule has 0 saturated carbocycles. The Morgan fingerprint density at radius 2 is 1.96 bits per heavy atom. The van der Waals surface area contributed by atoms with Crippen LogP contribution in [0.3, 0.4) is 0 Å². The van der Waals surface area contributed by atoms with Gasteiger partial charge in [0.15, 0.2) is 0 Å². The summed E-state index contributed by atoms with van der Waals surface area (Å²) in [7, 11) is 2.45. The number of nitrogens with one attached hydrogen (secondary N) is 1. The minimum atomic E-state index is -0.690. The lowest BCUT2D eigenvalue weighted by molar-refractivity contribution is -0.138. The molecule has 0 spiro atoms. The van der Waals surface area contributed by atoms with Gasteiger partial charge in [-0.1, -0.05) is 12.1 Å². The Balaban J connectivity index is 1.93. The summed E-state index contributed by atoms with van der Waals surface area (Å²) in [5, 5.41) is 13.3. The fourth-order valence-corrected chi connectivity index (χ4v) is 3.35. The van der Waals surface area contributed by atoms with Gasteiger partial charge in [-0.3, -0.25) is 0 Å². The van der Waals surface area contributed by atoms with Crippen molar-refractivity contribution in [3.63, 3.8) is 0 Å². The summed E-state index contributed by atoms with van der Waals surface area (Å²) in [5.41, 5.74) is 2.14. The van der Waals surface area contributed by atoms with Gasteiger partial charge < -0.3 is 19.9 Å². The molecule has 2 N–H and O–H groups in total. The molecule has 1 aromatic heterocycles. The first-order valence-electron chi connectivity index (χ1n) is 7.85. The SMILES string of the molecule is COC(=O)/C=C(/Nc1ccc2nc(-c3cccc(O)c3)sc2c1)C(=O)OC. The van der Waals surface area contributed by atoms with Crippen molar-refractivity contribution in [2.24, 2.45) is 0 Å². The highest BCUT2D eigenvalue weighted by molar-refractivity contribution is 7.21. The molecule has 0 atom stereocenters. The fraction of sp³-hybridized carbons (Fsp3) is 0.105. The van der Waals surface area contributed by atoms with E-state index in [0.717, 1.165) is 26.9 Å². The first kappa shape index (κ1) is 18.4. The van der Waals surface area contributed by atoms with Crippen LogP contribution in [-0.2, 0) is 19.1 Å². The van der Waals surface area contributed by atoms with Gasteiger partial charge in [-0.05, 0) is 30.3 Å². The van der Waals surface area contributed by atoms with Crippen molar-refractivity contribution in [2.75, 3.05) is 19.5 Å². The van der Waals surface area contributed by atoms with Crippen LogP contribution in [0.15, 0.2) is 54.2 Å². The molecule has 0 saturated heterocycles. The predicted octanol–water partition coefficient (Wildman–Crippen LogP) is 3.31. The van der Waals surface area contributed by atoms with Crippen LogP contribution in [0.5, 0.6) is 5.75 Å². The maximum atomic E-state index is 11.9. The van der Waals surface area contributed by atoms with E-state index in [9.17, 15) is 14.7 Å². The number of phenolic OH excluding ortho intramolecular Hbond substituents is 1. The number of fused-ring (bicyclic) bond motifs is 1. The summed E-state index contributed by atoms with van der Waals surface area (Å²) in [6.45, 7) is 0. The molecule has 27 heavy (non-hydrogen) atoms. The second-order valence-electron chi connectivity index (χ2n) is 5.45. The molecule has 3 aromatic rings. The summed E-state index contributed by atoms with van der Waals surface area (Å²) in [6.07, 6.45) is 1.03. The molecule has 8 heteroatoms. The number of benzene rings is 2. The summed E-state index contributed by atoms with van der Waals surface area (Å²) >= 11 is 1.44. The van der Waals surface area contributed by atoms with Gasteiger partial charge in [0.25, 0.3) is 0 Å². The van der Waals surface area contributed by atoms with E-state index in [0.29, 0.717) is 5.69 Å². The maximum Gasteiger partial charge on any atom is 0.354 e. The molecular formula is C19H16N2O5S. The molecule has 0 aliphatic rings. The molecule has 0 amide bonds. The van der Waals surface area contributed by atoms with E-state index in [-0.39, 0.29) is 11.4 Å². The number of hydrogen-bond acceptors (Lipinski definition) is 8. The molecule has 138 valence electrons. The smallest absolute Gasteiger partial charge is 0.354 e. The minimum absolute atomic E-state index is 0.0404. The zero-order valence-corrected chi connectivity index (χ0v) is 15.4. The number of rotatable bonds is 5. The third-order valence-corrected chi connectivity index (χ3v) is 4.70. The highest BCUT2D eigenvalue weighted by atomic mass is 32.1. The lowest BCUT2D eigenvalue weighted by Gasteiger charge is -2.08. The number of carbonyl (C=O) groups excluding carboxylic acids is 2. The summed E-state index contributed by atoms with van der Waals surface area (Å²) < 4.78 is 10.1. The molecule has 0 unspecified atom stereocenters. The van der Waals surface area contributed by atoms with E-state index in [1.807, 2.05) is 12.1 Å². The van der Waals surface area contributed by atoms with Crippen LogP contribution in [0.1, 0.15) is 0 Å². The Bertz CT molecular complexity index is 1040. The fourth-order valence-electron chi connectivity index (χ4n) is 2.35. The molecule has 1 heterocycles. The van der Waals surface area contributed by atoms with Crippen molar-refractivity contribution in [3.05, 3.63) is 54.2 Å². The molecule has 3 rings (SSSR count). The number of hydrogen-bond donors (Lipinski definition) is 2. The van der Waals surface area contributed by atoms with E-state index in [1.54, 1.807) is 30.3 Å². The monoisotopic (exact) mass is 384 g/mol. The molecular weight excluding hydrogens is 368 g/mol. The van der Waals surface area contributed by atoms with Crippen LogP contribution < -0.4 is 5.32 Å². The van der Waals surface area contributed by atoms with Crippen LogP contribution in [0.25, 0.3) is 20.8 Å². The average Bonchev–Trinajstić information content (AvgIpc) is 3.10. The summed E-state index contributed by atoms with van der Waals surface area (Å²) in [6, 6.07) is 12.2. The average molecular weight is 384 g/mol. The summed E-state index contributed by atoms with van der Waals surface area (Å²) in [5.74, 6) is -1.19. The van der Waals surface area contributed by atoms with Crippen molar-refractivity contribution in [3.8, 4) is 16.3 Å². The first-order valence-corrected chi connectivity index (χ1v) is 8.67. The topological polar surface area (TPSA) is 97.8 Å². The minimum Gasteiger partial charge on any atom is -0.508 e. The Morgan fingerprint density at radius 1 is 1.15 bits per heavy atom. The number of ether oxygens (including phenoxy) is 2. The number of aromatic nitrogens is 1. The maximum absolute atomic E-state index is 11.9. The number of thiazole rings is 1. The molecule has 0 aliphatic carbocycles. The normalized spacial score (nSPS) is 11.3. The largest absolute Gasteiger partial charge is 0.508 e. The number of esters is 2. The van der Waals surface area contributed by atoms with Crippen LogP contribution in [0, 0.1) is 0 Å². The van der Waals surface area contributed by atoms with Gasteiger partial charge >= 0.3 is 11.9 Å². The quantitative estimate of drug-likeness (QED) is 0.514. The van der Waals surface area contributed by atoms with E-state index < -0.39 is 11.9 Å². The Hall–Kier alpha value is -3.39. The molecule has 0 bridgehead atoms. The molecule has 0 aliphatic heterocycles. The molecule has 7 nitrogen and oxygen atoms in total. The third-order valence-electron chi connectivity index (χ3n) is 3.63. The predicted molar refractivity (Wildman–Crippen MR) is 102 cm³/mol. The second kappa shape index (κ2) is 7.88. The molecule has 0 radical (unpaired) electrons. The molecule has 0 fully saturated rings. The highest BCUT2D eigenvalue weighted by Crippen LogP contribution is 2.33. The second-order valence-corrected chi connectivity index (χ2v) is 6.48.